The molecule has 1 rings (SSSR count). The predicted molar refractivity (Wildman–Crippen MR) is 46.1 cm³/mol. The van der Waals surface area contributed by atoms with Crippen LogP contribution < -0.4 is 0 Å². The lowest BCUT2D eigenvalue weighted by molar-refractivity contribution is 0.181. The van der Waals surface area contributed by atoms with Gasteiger partial charge in [0.1, 0.15) is 0 Å². The first-order valence-corrected chi connectivity index (χ1v) is 3.89. The van der Waals surface area contributed by atoms with E-state index >= 15 is 0 Å². The molecule has 0 saturated heterocycles. The van der Waals surface area contributed by atoms with Crippen LogP contribution in [0.2, 0.25) is 0 Å². The molecule has 0 spiro atoms. The second-order valence-electron chi connectivity index (χ2n) is 2.71. The fourth-order valence-corrected chi connectivity index (χ4v) is 1.01. The van der Waals surface area contributed by atoms with Crippen LogP contribution in [0.3, 0.4) is 0 Å². The van der Waals surface area contributed by atoms with Gasteiger partial charge in [-0.15, -0.1) is 6.58 Å². The molecule has 70 valence electrons. The maximum Gasteiger partial charge on any atom is 0.159 e. The van der Waals surface area contributed by atoms with Crippen LogP contribution in [0.15, 0.2) is 30.9 Å². The van der Waals surface area contributed by atoms with Gasteiger partial charge in [0.15, 0.2) is 11.6 Å². The van der Waals surface area contributed by atoms with Crippen LogP contribution in [0.5, 0.6) is 0 Å². The molecule has 13 heavy (non-hydrogen) atoms. The third-order valence-electron chi connectivity index (χ3n) is 1.72. The van der Waals surface area contributed by atoms with E-state index in [-0.39, 0.29) is 0 Å². The van der Waals surface area contributed by atoms with Crippen LogP contribution in [-0.2, 0) is 0 Å². The van der Waals surface area contributed by atoms with Gasteiger partial charge < -0.3 is 5.11 Å². The van der Waals surface area contributed by atoms with E-state index in [0.29, 0.717) is 12.0 Å². The minimum atomic E-state index is -0.944. The van der Waals surface area contributed by atoms with Crippen LogP contribution in [-0.4, -0.2) is 5.11 Å². The molecular weight excluding hydrogens is 174 g/mol. The van der Waals surface area contributed by atoms with E-state index in [9.17, 15) is 13.9 Å². The van der Waals surface area contributed by atoms with Crippen molar-refractivity contribution in [3.63, 3.8) is 0 Å². The number of hydrogen-bond donors (Lipinski definition) is 1. The smallest absolute Gasteiger partial charge is 0.159 e. The van der Waals surface area contributed by atoms with Gasteiger partial charge in [-0.05, 0) is 24.1 Å². The Kier molecular flexibility index (Phi) is 3.14. The zero-order valence-electron chi connectivity index (χ0n) is 7.00. The summed E-state index contributed by atoms with van der Waals surface area (Å²) in [7, 11) is 0. The number of halogens is 2. The summed E-state index contributed by atoms with van der Waals surface area (Å²) >= 11 is 0. The number of rotatable bonds is 3. The van der Waals surface area contributed by atoms with Crippen molar-refractivity contribution in [2.45, 2.75) is 12.5 Å². The molecule has 1 aromatic carbocycles. The molecule has 0 fully saturated rings. The average molecular weight is 184 g/mol. The minimum absolute atomic E-state index is 0.324. The van der Waals surface area contributed by atoms with Crippen LogP contribution in [0, 0.1) is 11.6 Å². The van der Waals surface area contributed by atoms with E-state index in [4.69, 9.17) is 0 Å². The number of aliphatic hydroxyl groups excluding tert-OH is 1. The van der Waals surface area contributed by atoms with Crippen molar-refractivity contribution in [2.75, 3.05) is 0 Å². The molecular formula is C10H10F2O. The number of aliphatic hydroxyl groups is 1. The first-order chi connectivity index (χ1) is 6.15. The highest BCUT2D eigenvalue weighted by Crippen LogP contribution is 2.18. The summed E-state index contributed by atoms with van der Waals surface area (Å²) in [6.07, 6.45) is 1.03. The van der Waals surface area contributed by atoms with E-state index in [1.165, 1.54) is 12.1 Å². The summed E-state index contributed by atoms with van der Waals surface area (Å²) in [4.78, 5) is 0. The molecule has 0 aliphatic rings. The molecule has 0 saturated carbocycles. The third kappa shape index (κ3) is 2.36. The molecule has 1 aromatic rings. The summed E-state index contributed by atoms with van der Waals surface area (Å²) in [5.74, 6) is -1.85. The lowest BCUT2D eigenvalue weighted by Gasteiger charge is -2.07. The highest BCUT2D eigenvalue weighted by molar-refractivity contribution is 5.20. The topological polar surface area (TPSA) is 20.2 Å². The van der Waals surface area contributed by atoms with Crippen molar-refractivity contribution in [2.24, 2.45) is 0 Å². The molecule has 0 aliphatic heterocycles. The average Bonchev–Trinajstić information content (AvgIpc) is 2.10. The minimum Gasteiger partial charge on any atom is -0.388 e. The molecule has 1 nitrogen and oxygen atoms in total. The van der Waals surface area contributed by atoms with Crippen LogP contribution in [0.25, 0.3) is 0 Å². The Hall–Kier alpha value is -1.22. The van der Waals surface area contributed by atoms with Gasteiger partial charge >= 0.3 is 0 Å². The molecule has 0 aliphatic carbocycles. The lowest BCUT2D eigenvalue weighted by atomic mass is 10.1. The fourth-order valence-electron chi connectivity index (χ4n) is 1.01. The second-order valence-corrected chi connectivity index (χ2v) is 2.71. The van der Waals surface area contributed by atoms with Crippen LogP contribution >= 0.6 is 0 Å². The summed E-state index contributed by atoms with van der Waals surface area (Å²) in [6.45, 7) is 3.44. The standard InChI is InChI=1S/C10H10F2O/c1-2-3-10(13)7-4-5-8(11)9(12)6-7/h2,4-6,10,13H,1,3H2/t10-/m0/s1. The Labute approximate surface area is 75.3 Å². The van der Waals surface area contributed by atoms with Crippen molar-refractivity contribution >= 4 is 0 Å². The molecule has 0 heterocycles. The van der Waals surface area contributed by atoms with Gasteiger partial charge in [-0.2, -0.15) is 0 Å². The molecule has 0 unspecified atom stereocenters. The van der Waals surface area contributed by atoms with Gasteiger partial charge in [0, 0.05) is 0 Å². The normalized spacial score (nSPS) is 12.5. The van der Waals surface area contributed by atoms with Crippen molar-refractivity contribution in [3.05, 3.63) is 48.1 Å². The highest BCUT2D eigenvalue weighted by atomic mass is 19.2. The summed E-state index contributed by atoms with van der Waals surface area (Å²) < 4.78 is 25.1. The van der Waals surface area contributed by atoms with Crippen LogP contribution in [0.4, 0.5) is 8.78 Å². The first-order valence-electron chi connectivity index (χ1n) is 3.89. The monoisotopic (exact) mass is 184 g/mol. The van der Waals surface area contributed by atoms with Gasteiger partial charge in [0.25, 0.3) is 0 Å². The van der Waals surface area contributed by atoms with Gasteiger partial charge in [-0.3, -0.25) is 0 Å². The summed E-state index contributed by atoms with van der Waals surface area (Å²) in [5.41, 5.74) is 0.360. The van der Waals surface area contributed by atoms with Gasteiger partial charge in [0.2, 0.25) is 0 Å². The fraction of sp³-hybridized carbons (Fsp3) is 0.200. The lowest BCUT2D eigenvalue weighted by Crippen LogP contribution is -1.97. The number of benzene rings is 1. The molecule has 0 radical (unpaired) electrons. The largest absolute Gasteiger partial charge is 0.388 e. The van der Waals surface area contributed by atoms with E-state index in [1.807, 2.05) is 0 Å². The Balaban J connectivity index is 2.89. The molecule has 1 atom stereocenters. The van der Waals surface area contributed by atoms with Crippen molar-refractivity contribution in [3.8, 4) is 0 Å². The second kappa shape index (κ2) is 4.14. The summed E-state index contributed by atoms with van der Waals surface area (Å²) in [5, 5.41) is 9.38. The summed E-state index contributed by atoms with van der Waals surface area (Å²) in [6, 6.07) is 3.34. The molecule has 0 aromatic heterocycles. The molecule has 0 amide bonds. The van der Waals surface area contributed by atoms with E-state index in [1.54, 1.807) is 0 Å². The van der Waals surface area contributed by atoms with Crippen LogP contribution in [0.1, 0.15) is 18.1 Å². The van der Waals surface area contributed by atoms with Crippen molar-refractivity contribution < 1.29 is 13.9 Å². The quantitative estimate of drug-likeness (QED) is 0.716. The molecule has 1 N–H and O–H groups in total. The molecule has 0 bridgehead atoms. The van der Waals surface area contributed by atoms with E-state index in [0.717, 1.165) is 12.1 Å². The zero-order valence-corrected chi connectivity index (χ0v) is 7.00. The molecule has 3 heteroatoms. The van der Waals surface area contributed by atoms with Gasteiger partial charge in [-0.25, -0.2) is 8.78 Å². The maximum absolute atomic E-state index is 12.7. The van der Waals surface area contributed by atoms with Crippen molar-refractivity contribution in [1.29, 1.82) is 0 Å². The van der Waals surface area contributed by atoms with Gasteiger partial charge in [-0.1, -0.05) is 12.1 Å². The van der Waals surface area contributed by atoms with Crippen molar-refractivity contribution in [1.82, 2.24) is 0 Å². The Bertz CT molecular complexity index is 310. The highest BCUT2D eigenvalue weighted by Gasteiger charge is 2.08. The SMILES string of the molecule is C=CC[C@H](O)c1ccc(F)c(F)c1. The zero-order chi connectivity index (χ0) is 9.84. The van der Waals surface area contributed by atoms with Gasteiger partial charge in [0.05, 0.1) is 6.10 Å². The Morgan fingerprint density at radius 1 is 1.38 bits per heavy atom. The predicted octanol–water partition coefficient (Wildman–Crippen LogP) is 2.57. The van der Waals surface area contributed by atoms with E-state index < -0.39 is 17.7 Å². The third-order valence-corrected chi connectivity index (χ3v) is 1.72. The Morgan fingerprint density at radius 2 is 2.08 bits per heavy atom. The maximum atomic E-state index is 12.7. The van der Waals surface area contributed by atoms with E-state index in [2.05, 4.69) is 6.58 Å². The Morgan fingerprint density at radius 3 is 2.62 bits per heavy atom. The number of hydrogen-bond acceptors (Lipinski definition) is 1. The first kappa shape index (κ1) is 9.86.